The van der Waals surface area contributed by atoms with Gasteiger partial charge in [0.2, 0.25) is 10.0 Å². The second-order valence-corrected chi connectivity index (χ2v) is 6.44. The summed E-state index contributed by atoms with van der Waals surface area (Å²) in [7, 11) is -1.61. The first-order valence-corrected chi connectivity index (χ1v) is 7.76. The molecule has 0 amide bonds. The lowest BCUT2D eigenvalue weighted by Gasteiger charge is -2.22. The average Bonchev–Trinajstić information content (AvgIpc) is 2.27. The van der Waals surface area contributed by atoms with E-state index < -0.39 is 10.0 Å². The van der Waals surface area contributed by atoms with Crippen LogP contribution in [0, 0.1) is 0 Å². The highest BCUT2D eigenvalue weighted by Gasteiger charge is 2.22. The quantitative estimate of drug-likeness (QED) is 0.782. The number of rotatable bonds is 5. The monoisotopic (exact) mass is 305 g/mol. The molecule has 0 N–H and O–H groups in total. The first kappa shape index (κ1) is 13.7. The van der Waals surface area contributed by atoms with Crippen LogP contribution in [-0.2, 0) is 15.8 Å². The third-order valence-electron chi connectivity index (χ3n) is 2.47. The van der Waals surface area contributed by atoms with Gasteiger partial charge in [0.25, 0.3) is 0 Å². The summed E-state index contributed by atoms with van der Waals surface area (Å²) in [4.78, 5) is 0. The van der Waals surface area contributed by atoms with E-state index in [4.69, 9.17) is 0 Å². The summed E-state index contributed by atoms with van der Waals surface area (Å²) in [6.07, 6.45) is 0. The minimum atomic E-state index is -3.22. The standard InChI is InChI=1S/C11H16BrNO2S/c1-10(8-12)13(2)16(14,15)9-11-6-4-3-5-7-11/h3-7,10H,8-9H2,1-2H3. The van der Waals surface area contributed by atoms with Crippen LogP contribution in [0.15, 0.2) is 30.3 Å². The lowest BCUT2D eigenvalue weighted by Crippen LogP contribution is -2.36. The van der Waals surface area contributed by atoms with E-state index in [9.17, 15) is 8.42 Å². The molecule has 90 valence electrons. The second kappa shape index (κ2) is 5.80. The zero-order valence-corrected chi connectivity index (χ0v) is 11.8. The third-order valence-corrected chi connectivity index (χ3v) is 5.35. The van der Waals surface area contributed by atoms with Crippen LogP contribution in [0.3, 0.4) is 0 Å². The van der Waals surface area contributed by atoms with E-state index in [2.05, 4.69) is 15.9 Å². The van der Waals surface area contributed by atoms with Gasteiger partial charge in [0, 0.05) is 18.4 Å². The second-order valence-electron chi connectivity index (χ2n) is 3.76. The summed E-state index contributed by atoms with van der Waals surface area (Å²) in [6, 6.07) is 9.18. The normalized spacial score (nSPS) is 14.0. The van der Waals surface area contributed by atoms with Gasteiger partial charge in [0.05, 0.1) is 5.75 Å². The van der Waals surface area contributed by atoms with E-state index in [1.54, 1.807) is 7.05 Å². The van der Waals surface area contributed by atoms with Crippen molar-refractivity contribution in [1.29, 1.82) is 0 Å². The zero-order chi connectivity index (χ0) is 12.2. The van der Waals surface area contributed by atoms with Crippen LogP contribution >= 0.6 is 15.9 Å². The number of benzene rings is 1. The number of halogens is 1. The van der Waals surface area contributed by atoms with Gasteiger partial charge in [-0.3, -0.25) is 0 Å². The van der Waals surface area contributed by atoms with Crippen molar-refractivity contribution in [3.63, 3.8) is 0 Å². The summed E-state index contributed by atoms with van der Waals surface area (Å²) >= 11 is 3.29. The lowest BCUT2D eigenvalue weighted by atomic mass is 10.2. The van der Waals surface area contributed by atoms with Gasteiger partial charge in [-0.1, -0.05) is 46.3 Å². The Labute approximate surface area is 106 Å². The summed E-state index contributed by atoms with van der Waals surface area (Å²) in [5.74, 6) is 0.0572. The van der Waals surface area contributed by atoms with E-state index in [1.165, 1.54) is 4.31 Å². The van der Waals surface area contributed by atoms with E-state index >= 15 is 0 Å². The largest absolute Gasteiger partial charge is 0.218 e. The third kappa shape index (κ3) is 3.57. The fraction of sp³-hybridized carbons (Fsp3) is 0.455. The highest BCUT2D eigenvalue weighted by molar-refractivity contribution is 9.09. The predicted molar refractivity (Wildman–Crippen MR) is 70.1 cm³/mol. The molecule has 0 aliphatic heterocycles. The minimum Gasteiger partial charge on any atom is -0.212 e. The molecule has 0 aliphatic carbocycles. The molecule has 0 saturated carbocycles. The zero-order valence-electron chi connectivity index (χ0n) is 9.43. The van der Waals surface area contributed by atoms with Gasteiger partial charge >= 0.3 is 0 Å². The number of sulfonamides is 1. The molecule has 5 heteroatoms. The molecule has 0 heterocycles. The molecule has 0 aliphatic rings. The van der Waals surface area contributed by atoms with Crippen LogP contribution < -0.4 is 0 Å². The molecule has 0 saturated heterocycles. The molecular weight excluding hydrogens is 290 g/mol. The summed E-state index contributed by atoms with van der Waals surface area (Å²) in [5.41, 5.74) is 0.816. The van der Waals surface area contributed by atoms with Crippen LogP contribution in [0.1, 0.15) is 12.5 Å². The summed E-state index contributed by atoms with van der Waals surface area (Å²) in [6.45, 7) is 1.87. The Morgan fingerprint density at radius 3 is 2.38 bits per heavy atom. The maximum atomic E-state index is 12.0. The molecule has 1 aromatic carbocycles. The molecule has 1 atom stereocenters. The van der Waals surface area contributed by atoms with Crippen LogP contribution in [0.5, 0.6) is 0 Å². The molecule has 0 spiro atoms. The Kier molecular flexibility index (Phi) is 4.95. The fourth-order valence-corrected chi connectivity index (χ4v) is 3.32. The lowest BCUT2D eigenvalue weighted by molar-refractivity contribution is 0.415. The Bertz CT molecular complexity index is 419. The van der Waals surface area contributed by atoms with E-state index in [-0.39, 0.29) is 11.8 Å². The van der Waals surface area contributed by atoms with Crippen molar-refractivity contribution >= 4 is 26.0 Å². The van der Waals surface area contributed by atoms with Crippen molar-refractivity contribution in [2.75, 3.05) is 12.4 Å². The van der Waals surface area contributed by atoms with Crippen molar-refractivity contribution < 1.29 is 8.42 Å². The first-order chi connectivity index (χ1) is 7.47. The maximum Gasteiger partial charge on any atom is 0.218 e. The highest BCUT2D eigenvalue weighted by Crippen LogP contribution is 2.12. The Balaban J connectivity index is 2.80. The Morgan fingerprint density at radius 2 is 1.88 bits per heavy atom. The molecule has 0 fully saturated rings. The van der Waals surface area contributed by atoms with Gasteiger partial charge in [0.15, 0.2) is 0 Å². The van der Waals surface area contributed by atoms with Crippen LogP contribution in [0.25, 0.3) is 0 Å². The van der Waals surface area contributed by atoms with Gasteiger partial charge in [-0.15, -0.1) is 0 Å². The van der Waals surface area contributed by atoms with Crippen LogP contribution in [-0.4, -0.2) is 31.1 Å². The van der Waals surface area contributed by atoms with Gasteiger partial charge in [-0.25, -0.2) is 12.7 Å². The molecule has 1 rings (SSSR count). The molecule has 0 aromatic heterocycles. The van der Waals surface area contributed by atoms with Crippen molar-refractivity contribution in [1.82, 2.24) is 4.31 Å². The number of alkyl halides is 1. The molecule has 16 heavy (non-hydrogen) atoms. The molecular formula is C11H16BrNO2S. The molecule has 0 bridgehead atoms. The minimum absolute atomic E-state index is 0.0336. The molecule has 3 nitrogen and oxygen atoms in total. The average molecular weight is 306 g/mol. The van der Waals surface area contributed by atoms with Crippen molar-refractivity contribution in [2.24, 2.45) is 0 Å². The van der Waals surface area contributed by atoms with Gasteiger partial charge in [-0.2, -0.15) is 0 Å². The maximum absolute atomic E-state index is 12.0. The Hall–Kier alpha value is -0.390. The van der Waals surface area contributed by atoms with Crippen molar-refractivity contribution in [3.05, 3.63) is 35.9 Å². The fourth-order valence-electron chi connectivity index (χ4n) is 1.26. The Morgan fingerprint density at radius 1 is 1.31 bits per heavy atom. The first-order valence-electron chi connectivity index (χ1n) is 5.03. The van der Waals surface area contributed by atoms with E-state index in [0.29, 0.717) is 5.33 Å². The number of nitrogens with zero attached hydrogens (tertiary/aromatic N) is 1. The number of hydrogen-bond acceptors (Lipinski definition) is 2. The number of hydrogen-bond donors (Lipinski definition) is 0. The van der Waals surface area contributed by atoms with Crippen LogP contribution in [0.2, 0.25) is 0 Å². The van der Waals surface area contributed by atoms with E-state index in [1.807, 2.05) is 37.3 Å². The van der Waals surface area contributed by atoms with Crippen LogP contribution in [0.4, 0.5) is 0 Å². The smallest absolute Gasteiger partial charge is 0.212 e. The summed E-state index contributed by atoms with van der Waals surface area (Å²) < 4.78 is 25.4. The SMILES string of the molecule is CC(CBr)N(C)S(=O)(=O)Cc1ccccc1. The molecule has 1 unspecified atom stereocenters. The summed E-state index contributed by atoms with van der Waals surface area (Å²) in [5, 5.41) is 0.636. The van der Waals surface area contributed by atoms with E-state index in [0.717, 1.165) is 5.56 Å². The van der Waals surface area contributed by atoms with Gasteiger partial charge in [-0.05, 0) is 12.5 Å². The predicted octanol–water partition coefficient (Wildman–Crippen LogP) is 2.23. The molecule has 1 aromatic rings. The molecule has 0 radical (unpaired) electrons. The van der Waals surface area contributed by atoms with Gasteiger partial charge < -0.3 is 0 Å². The van der Waals surface area contributed by atoms with Gasteiger partial charge in [0.1, 0.15) is 0 Å². The van der Waals surface area contributed by atoms with Crippen molar-refractivity contribution in [2.45, 2.75) is 18.7 Å². The van der Waals surface area contributed by atoms with Crippen molar-refractivity contribution in [3.8, 4) is 0 Å². The topological polar surface area (TPSA) is 37.4 Å². The highest BCUT2D eigenvalue weighted by atomic mass is 79.9.